The first kappa shape index (κ1) is 27.2. The number of hydrogen-bond acceptors (Lipinski definition) is 6. The van der Waals surface area contributed by atoms with E-state index in [9.17, 15) is 13.2 Å². The minimum Gasteiger partial charge on any atom is -0.278 e. The highest BCUT2D eigenvalue weighted by molar-refractivity contribution is 7.89. The lowest BCUT2D eigenvalue weighted by atomic mass is 10.2. The maximum Gasteiger partial charge on any atom is 0.260 e. The molecule has 0 aliphatic heterocycles. The van der Waals surface area contributed by atoms with Crippen LogP contribution < -0.4 is 4.90 Å². The number of carbonyl (C=O) groups excluding carboxylic acids is 1. The van der Waals surface area contributed by atoms with E-state index in [1.807, 2.05) is 51.1 Å². The van der Waals surface area contributed by atoms with Crippen molar-refractivity contribution in [3.63, 3.8) is 0 Å². The summed E-state index contributed by atoms with van der Waals surface area (Å²) in [6, 6.07) is 15.4. The predicted octanol–water partition coefficient (Wildman–Crippen LogP) is 6.31. The minimum atomic E-state index is -3.64. The summed E-state index contributed by atoms with van der Waals surface area (Å²) in [5, 5.41) is 1.13. The van der Waals surface area contributed by atoms with Gasteiger partial charge in [-0.05, 0) is 73.9 Å². The molecule has 0 aliphatic rings. The average molecular weight is 557 g/mol. The number of thiazole rings is 1. The number of carbonyl (C=O) groups is 1. The van der Waals surface area contributed by atoms with Crippen LogP contribution in [0.2, 0.25) is 5.02 Å². The molecule has 4 aromatic rings. The van der Waals surface area contributed by atoms with Crippen molar-refractivity contribution in [1.29, 1.82) is 0 Å². The van der Waals surface area contributed by atoms with Gasteiger partial charge < -0.3 is 0 Å². The molecule has 0 spiro atoms. The van der Waals surface area contributed by atoms with Crippen molar-refractivity contribution in [2.24, 2.45) is 0 Å². The van der Waals surface area contributed by atoms with Crippen LogP contribution >= 0.6 is 22.9 Å². The maximum absolute atomic E-state index is 13.8. The Bertz CT molecular complexity index is 1480. The van der Waals surface area contributed by atoms with Crippen molar-refractivity contribution in [3.8, 4) is 0 Å². The predicted molar refractivity (Wildman–Crippen MR) is 150 cm³/mol. The van der Waals surface area contributed by atoms with Gasteiger partial charge in [0.2, 0.25) is 10.0 Å². The van der Waals surface area contributed by atoms with Crippen molar-refractivity contribution >= 4 is 54.2 Å². The number of pyridine rings is 1. The number of rotatable bonds is 10. The lowest BCUT2D eigenvalue weighted by Crippen LogP contribution is -2.33. The van der Waals surface area contributed by atoms with Crippen molar-refractivity contribution < 1.29 is 13.2 Å². The SMILES string of the molecule is CCCN(CCC)S(=O)(=O)c1ccc(C(=O)N(Cc2ccccn2)c2nc3c(C)c(Cl)ccc3s2)cc1. The minimum absolute atomic E-state index is 0.174. The molecule has 0 saturated carbocycles. The van der Waals surface area contributed by atoms with Crippen LogP contribution in [0.4, 0.5) is 5.13 Å². The van der Waals surface area contributed by atoms with E-state index in [0.29, 0.717) is 34.5 Å². The Kier molecular flexibility index (Phi) is 8.59. The molecule has 0 saturated heterocycles. The van der Waals surface area contributed by atoms with E-state index in [0.717, 1.165) is 28.6 Å². The molecule has 4 rings (SSSR count). The van der Waals surface area contributed by atoms with Gasteiger partial charge in [-0.1, -0.05) is 42.9 Å². The lowest BCUT2D eigenvalue weighted by Gasteiger charge is -2.22. The maximum atomic E-state index is 13.8. The third-order valence-corrected chi connectivity index (χ3v) is 9.31. The summed E-state index contributed by atoms with van der Waals surface area (Å²) in [5.41, 5.74) is 2.67. The Morgan fingerprint density at radius 2 is 1.70 bits per heavy atom. The fourth-order valence-electron chi connectivity index (χ4n) is 4.01. The van der Waals surface area contributed by atoms with E-state index in [1.54, 1.807) is 23.2 Å². The number of hydrogen-bond donors (Lipinski definition) is 0. The summed E-state index contributed by atoms with van der Waals surface area (Å²) in [4.78, 5) is 24.6. The molecule has 194 valence electrons. The highest BCUT2D eigenvalue weighted by Gasteiger charge is 2.26. The smallest absolute Gasteiger partial charge is 0.260 e. The number of amides is 1. The fourth-order valence-corrected chi connectivity index (χ4v) is 6.81. The third-order valence-electron chi connectivity index (χ3n) is 5.94. The van der Waals surface area contributed by atoms with Gasteiger partial charge in [-0.3, -0.25) is 14.7 Å². The van der Waals surface area contributed by atoms with Crippen LogP contribution in [0.3, 0.4) is 0 Å². The molecule has 0 radical (unpaired) electrons. The summed E-state index contributed by atoms with van der Waals surface area (Å²) < 4.78 is 28.7. The van der Waals surface area contributed by atoms with Crippen LogP contribution in [-0.2, 0) is 16.6 Å². The molecule has 0 fully saturated rings. The van der Waals surface area contributed by atoms with E-state index in [1.165, 1.54) is 27.8 Å². The highest BCUT2D eigenvalue weighted by Crippen LogP contribution is 2.34. The van der Waals surface area contributed by atoms with E-state index in [2.05, 4.69) is 4.98 Å². The number of halogens is 1. The van der Waals surface area contributed by atoms with Gasteiger partial charge in [0.1, 0.15) is 0 Å². The Hall–Kier alpha value is -2.85. The normalized spacial score (nSPS) is 11.8. The molecule has 0 N–H and O–H groups in total. The van der Waals surface area contributed by atoms with Gasteiger partial charge in [-0.2, -0.15) is 4.31 Å². The molecule has 10 heteroatoms. The van der Waals surface area contributed by atoms with Crippen molar-refractivity contribution in [2.45, 2.75) is 45.1 Å². The largest absolute Gasteiger partial charge is 0.278 e. The number of fused-ring (bicyclic) bond motifs is 1. The highest BCUT2D eigenvalue weighted by atomic mass is 35.5. The summed E-state index contributed by atoms with van der Waals surface area (Å²) in [6.45, 7) is 6.93. The Labute approximate surface area is 226 Å². The molecule has 0 bridgehead atoms. The van der Waals surface area contributed by atoms with Crippen molar-refractivity contribution in [1.82, 2.24) is 14.3 Å². The summed E-state index contributed by atoms with van der Waals surface area (Å²) in [6.07, 6.45) is 3.13. The Morgan fingerprint density at radius 3 is 2.32 bits per heavy atom. The molecule has 2 heterocycles. The monoisotopic (exact) mass is 556 g/mol. The van der Waals surface area contributed by atoms with Crippen LogP contribution in [0.1, 0.15) is 48.3 Å². The fraction of sp³-hybridized carbons (Fsp3) is 0.296. The number of benzene rings is 2. The quantitative estimate of drug-likeness (QED) is 0.228. The number of aromatic nitrogens is 2. The number of nitrogens with zero attached hydrogens (tertiary/aromatic N) is 4. The first-order valence-electron chi connectivity index (χ1n) is 12.1. The molecule has 0 aliphatic carbocycles. The van der Waals surface area contributed by atoms with Crippen LogP contribution in [0.25, 0.3) is 10.2 Å². The average Bonchev–Trinajstić information content (AvgIpc) is 3.34. The molecule has 2 aromatic heterocycles. The third kappa shape index (κ3) is 5.85. The van der Waals surface area contributed by atoms with Gasteiger partial charge in [0, 0.05) is 29.9 Å². The van der Waals surface area contributed by atoms with Crippen molar-refractivity contribution in [3.05, 3.63) is 82.6 Å². The summed E-state index contributed by atoms with van der Waals surface area (Å²) in [5.74, 6) is -0.295. The molecule has 2 aromatic carbocycles. The van der Waals surface area contributed by atoms with Gasteiger partial charge in [-0.25, -0.2) is 13.4 Å². The second-order valence-corrected chi connectivity index (χ2v) is 12.0. The number of aryl methyl sites for hydroxylation is 1. The van der Waals surface area contributed by atoms with E-state index in [-0.39, 0.29) is 17.3 Å². The molecular weight excluding hydrogens is 528 g/mol. The van der Waals surface area contributed by atoms with Crippen LogP contribution in [0.15, 0.2) is 65.7 Å². The second-order valence-electron chi connectivity index (χ2n) is 8.66. The molecule has 37 heavy (non-hydrogen) atoms. The number of sulfonamides is 1. The zero-order chi connectivity index (χ0) is 26.6. The van der Waals surface area contributed by atoms with Gasteiger partial charge >= 0.3 is 0 Å². The Balaban J connectivity index is 1.70. The van der Waals surface area contributed by atoms with Gasteiger partial charge in [0.05, 0.1) is 27.4 Å². The lowest BCUT2D eigenvalue weighted by molar-refractivity contribution is 0.0984. The van der Waals surface area contributed by atoms with E-state index < -0.39 is 10.0 Å². The van der Waals surface area contributed by atoms with Crippen LogP contribution in [0, 0.1) is 6.92 Å². The van der Waals surface area contributed by atoms with Gasteiger partial charge in [0.15, 0.2) is 5.13 Å². The second kappa shape index (κ2) is 11.7. The standard InChI is InChI=1S/C27H29ClN4O3S2/c1-4-16-31(17-5-2)37(34,35)22-11-9-20(10-12-22)26(33)32(18-21-8-6-7-15-29-21)27-30-25-19(3)23(28)13-14-24(25)36-27/h6-15H,4-5,16-18H2,1-3H3. The molecular formula is C27H29ClN4O3S2. The van der Waals surface area contributed by atoms with Crippen LogP contribution in [0.5, 0.6) is 0 Å². The molecule has 1 amide bonds. The molecule has 7 nitrogen and oxygen atoms in total. The summed E-state index contributed by atoms with van der Waals surface area (Å²) >= 11 is 7.70. The zero-order valence-electron chi connectivity index (χ0n) is 21.0. The Morgan fingerprint density at radius 1 is 1.00 bits per heavy atom. The molecule has 0 atom stereocenters. The first-order valence-corrected chi connectivity index (χ1v) is 14.8. The first-order chi connectivity index (χ1) is 17.8. The van der Waals surface area contributed by atoms with E-state index in [4.69, 9.17) is 16.6 Å². The molecule has 0 unspecified atom stereocenters. The van der Waals surface area contributed by atoms with Gasteiger partial charge in [-0.15, -0.1) is 0 Å². The van der Waals surface area contributed by atoms with E-state index >= 15 is 0 Å². The van der Waals surface area contributed by atoms with Gasteiger partial charge in [0.25, 0.3) is 5.91 Å². The summed E-state index contributed by atoms with van der Waals surface area (Å²) in [7, 11) is -3.64. The van der Waals surface area contributed by atoms with Crippen molar-refractivity contribution in [2.75, 3.05) is 18.0 Å². The van der Waals surface area contributed by atoms with Crippen LogP contribution in [-0.4, -0.2) is 41.7 Å². The topological polar surface area (TPSA) is 83.5 Å². The zero-order valence-corrected chi connectivity index (χ0v) is 23.4. The number of anilines is 1.